The molecule has 0 spiro atoms. The molecule has 1 aliphatic rings. The van der Waals surface area contributed by atoms with Gasteiger partial charge in [-0.25, -0.2) is 0 Å². The van der Waals surface area contributed by atoms with Gasteiger partial charge in [-0.1, -0.05) is 24.3 Å². The van der Waals surface area contributed by atoms with Crippen LogP contribution in [-0.2, 0) is 4.74 Å². The number of rotatable bonds is 7. The standard InChI is InChI=1S/C20H24N2O3S/c1-25-14-20(8-10-21-11-9-20)13-22-19(24)16-6-3-2-5-15(16)18(23)17-7-4-12-26-17/h2-7,12,21H,8-11,13-14H2,1H3,(H,22,24). The minimum atomic E-state index is -0.209. The van der Waals surface area contributed by atoms with Gasteiger partial charge in [-0.3, -0.25) is 9.59 Å². The maximum Gasteiger partial charge on any atom is 0.252 e. The number of hydrogen-bond acceptors (Lipinski definition) is 5. The highest BCUT2D eigenvalue weighted by atomic mass is 32.1. The normalized spacial score (nSPS) is 16.2. The van der Waals surface area contributed by atoms with Crippen molar-refractivity contribution in [2.45, 2.75) is 12.8 Å². The molecule has 0 unspecified atom stereocenters. The number of nitrogens with one attached hydrogen (secondary N) is 2. The fraction of sp³-hybridized carbons (Fsp3) is 0.400. The topological polar surface area (TPSA) is 67.4 Å². The average Bonchev–Trinajstić information content (AvgIpc) is 3.21. The Labute approximate surface area is 157 Å². The van der Waals surface area contributed by atoms with E-state index < -0.39 is 0 Å². The number of carbonyl (C=O) groups is 2. The Bertz CT molecular complexity index is 747. The largest absolute Gasteiger partial charge is 0.384 e. The van der Waals surface area contributed by atoms with Gasteiger partial charge in [-0.05, 0) is 43.4 Å². The molecule has 3 rings (SSSR count). The van der Waals surface area contributed by atoms with Gasteiger partial charge in [0.2, 0.25) is 5.78 Å². The first-order valence-corrected chi connectivity index (χ1v) is 9.68. The smallest absolute Gasteiger partial charge is 0.252 e. The molecule has 0 saturated carbocycles. The number of carbonyl (C=O) groups excluding carboxylic acids is 2. The zero-order valence-corrected chi connectivity index (χ0v) is 15.7. The van der Waals surface area contributed by atoms with Crippen LogP contribution in [0.5, 0.6) is 0 Å². The highest BCUT2D eigenvalue weighted by Gasteiger charge is 2.33. The summed E-state index contributed by atoms with van der Waals surface area (Å²) in [7, 11) is 1.70. The van der Waals surface area contributed by atoms with Gasteiger partial charge in [-0.15, -0.1) is 11.3 Å². The molecule has 0 bridgehead atoms. The van der Waals surface area contributed by atoms with Crippen LogP contribution in [-0.4, -0.2) is 45.0 Å². The summed E-state index contributed by atoms with van der Waals surface area (Å²) in [4.78, 5) is 26.2. The molecule has 26 heavy (non-hydrogen) atoms. The maximum absolute atomic E-state index is 12.8. The first kappa shape index (κ1) is 18.8. The van der Waals surface area contributed by atoms with Gasteiger partial charge < -0.3 is 15.4 Å². The van der Waals surface area contributed by atoms with Gasteiger partial charge in [0.1, 0.15) is 0 Å². The molecule has 2 N–H and O–H groups in total. The van der Waals surface area contributed by atoms with Crippen LogP contribution >= 0.6 is 11.3 Å². The summed E-state index contributed by atoms with van der Waals surface area (Å²) in [5, 5.41) is 8.25. The van der Waals surface area contributed by atoms with Crippen LogP contribution in [0.2, 0.25) is 0 Å². The van der Waals surface area contributed by atoms with Crippen LogP contribution in [0.4, 0.5) is 0 Å². The van der Waals surface area contributed by atoms with Crippen LogP contribution < -0.4 is 10.6 Å². The molecule has 1 fully saturated rings. The zero-order chi connectivity index (χ0) is 18.4. The van der Waals surface area contributed by atoms with E-state index in [0.717, 1.165) is 25.9 Å². The third kappa shape index (κ3) is 4.20. The van der Waals surface area contributed by atoms with Crippen LogP contribution in [0.25, 0.3) is 0 Å². The molecule has 2 aromatic rings. The zero-order valence-electron chi connectivity index (χ0n) is 14.9. The van der Waals surface area contributed by atoms with Crippen molar-refractivity contribution in [1.29, 1.82) is 0 Å². The summed E-state index contributed by atoms with van der Waals surface area (Å²) in [6, 6.07) is 10.6. The predicted octanol–water partition coefficient (Wildman–Crippen LogP) is 2.73. The molecule has 0 atom stereocenters. The molecule has 1 aromatic carbocycles. The second-order valence-corrected chi connectivity index (χ2v) is 7.67. The van der Waals surface area contributed by atoms with Crippen molar-refractivity contribution in [2.24, 2.45) is 5.41 Å². The first-order chi connectivity index (χ1) is 12.7. The number of ketones is 1. The molecule has 1 saturated heterocycles. The first-order valence-electron chi connectivity index (χ1n) is 8.80. The van der Waals surface area contributed by atoms with Crippen LogP contribution in [0.3, 0.4) is 0 Å². The quantitative estimate of drug-likeness (QED) is 0.734. The van der Waals surface area contributed by atoms with Gasteiger partial charge in [0.15, 0.2) is 0 Å². The van der Waals surface area contributed by atoms with E-state index in [1.165, 1.54) is 11.3 Å². The molecule has 1 amide bonds. The summed E-state index contributed by atoms with van der Waals surface area (Å²) in [5.74, 6) is -0.321. The lowest BCUT2D eigenvalue weighted by atomic mass is 9.79. The SMILES string of the molecule is COCC1(CNC(=O)c2ccccc2C(=O)c2cccs2)CCNCC1. The van der Waals surface area contributed by atoms with Crippen LogP contribution in [0.15, 0.2) is 41.8 Å². The van der Waals surface area contributed by atoms with Gasteiger partial charge in [0, 0.05) is 24.6 Å². The summed E-state index contributed by atoms with van der Waals surface area (Å²) in [5.41, 5.74) is 0.813. The van der Waals surface area contributed by atoms with Crippen molar-refractivity contribution < 1.29 is 14.3 Å². The lowest BCUT2D eigenvalue weighted by molar-refractivity contribution is 0.0511. The highest BCUT2D eigenvalue weighted by molar-refractivity contribution is 7.12. The van der Waals surface area contributed by atoms with Crippen molar-refractivity contribution in [2.75, 3.05) is 33.4 Å². The third-order valence-electron chi connectivity index (χ3n) is 4.90. The number of ether oxygens (including phenoxy) is 1. The number of benzene rings is 1. The van der Waals surface area contributed by atoms with E-state index in [2.05, 4.69) is 10.6 Å². The van der Waals surface area contributed by atoms with Crippen molar-refractivity contribution in [3.63, 3.8) is 0 Å². The number of amides is 1. The molecule has 1 aliphatic heterocycles. The number of thiophene rings is 1. The van der Waals surface area contributed by atoms with E-state index >= 15 is 0 Å². The molecular formula is C20H24N2O3S. The number of piperidine rings is 1. The molecule has 0 aliphatic carbocycles. The molecular weight excluding hydrogens is 348 g/mol. The van der Waals surface area contributed by atoms with Gasteiger partial charge in [-0.2, -0.15) is 0 Å². The number of methoxy groups -OCH3 is 1. The average molecular weight is 372 g/mol. The molecule has 2 heterocycles. The predicted molar refractivity (Wildman–Crippen MR) is 103 cm³/mol. The van der Waals surface area contributed by atoms with E-state index in [4.69, 9.17) is 4.74 Å². The van der Waals surface area contributed by atoms with Crippen molar-refractivity contribution in [3.05, 3.63) is 57.8 Å². The summed E-state index contributed by atoms with van der Waals surface area (Å²) >= 11 is 1.38. The third-order valence-corrected chi connectivity index (χ3v) is 5.77. The minimum Gasteiger partial charge on any atom is -0.384 e. The number of hydrogen-bond donors (Lipinski definition) is 2. The lowest BCUT2D eigenvalue weighted by Gasteiger charge is -2.37. The van der Waals surface area contributed by atoms with Crippen molar-refractivity contribution in [3.8, 4) is 0 Å². The molecule has 138 valence electrons. The Morgan fingerprint density at radius 1 is 1.15 bits per heavy atom. The Kier molecular flexibility index (Phi) is 6.19. The van der Waals surface area contributed by atoms with E-state index in [1.807, 2.05) is 11.4 Å². The summed E-state index contributed by atoms with van der Waals surface area (Å²) in [6.07, 6.45) is 1.91. The maximum atomic E-state index is 12.8. The monoisotopic (exact) mass is 372 g/mol. The summed E-state index contributed by atoms with van der Waals surface area (Å²) in [6.45, 7) is 3.01. The van der Waals surface area contributed by atoms with Crippen molar-refractivity contribution in [1.82, 2.24) is 10.6 Å². The van der Waals surface area contributed by atoms with Gasteiger partial charge >= 0.3 is 0 Å². The second-order valence-electron chi connectivity index (χ2n) is 6.72. The minimum absolute atomic E-state index is 0.0532. The van der Waals surface area contributed by atoms with E-state index in [0.29, 0.717) is 29.2 Å². The van der Waals surface area contributed by atoms with E-state index in [-0.39, 0.29) is 17.1 Å². The summed E-state index contributed by atoms with van der Waals surface area (Å²) < 4.78 is 5.40. The fourth-order valence-corrected chi connectivity index (χ4v) is 4.10. The molecule has 5 nitrogen and oxygen atoms in total. The van der Waals surface area contributed by atoms with Gasteiger partial charge in [0.05, 0.1) is 17.0 Å². The molecule has 1 aromatic heterocycles. The Morgan fingerprint density at radius 2 is 1.88 bits per heavy atom. The fourth-order valence-electron chi connectivity index (χ4n) is 3.42. The lowest BCUT2D eigenvalue weighted by Crippen LogP contribution is -2.47. The molecule has 0 radical (unpaired) electrons. The highest BCUT2D eigenvalue weighted by Crippen LogP contribution is 2.28. The van der Waals surface area contributed by atoms with Crippen molar-refractivity contribution >= 4 is 23.0 Å². The second kappa shape index (κ2) is 8.58. The van der Waals surface area contributed by atoms with E-state index in [9.17, 15) is 9.59 Å². The van der Waals surface area contributed by atoms with Gasteiger partial charge in [0.25, 0.3) is 5.91 Å². The van der Waals surface area contributed by atoms with Crippen LogP contribution in [0, 0.1) is 5.41 Å². The van der Waals surface area contributed by atoms with E-state index in [1.54, 1.807) is 37.4 Å². The van der Waals surface area contributed by atoms with Crippen LogP contribution in [0.1, 0.15) is 38.4 Å². The Morgan fingerprint density at radius 3 is 2.54 bits per heavy atom. The Balaban J connectivity index is 1.75. The Hall–Kier alpha value is -2.02. The molecule has 6 heteroatoms.